The molecule has 202 valence electrons. The number of hydrogen-bond donors (Lipinski definition) is 1. The van der Waals surface area contributed by atoms with Gasteiger partial charge in [0.1, 0.15) is 0 Å². The molecule has 0 radical (unpaired) electrons. The third-order valence-corrected chi connectivity index (χ3v) is 5.61. The lowest BCUT2D eigenvalue weighted by Crippen LogP contribution is -2.61. The molecule has 0 heterocycles. The van der Waals surface area contributed by atoms with Crippen LogP contribution in [0.4, 0.5) is 0 Å². The van der Waals surface area contributed by atoms with Crippen molar-refractivity contribution in [3.8, 4) is 0 Å². The Hall–Kier alpha value is -2.65. The van der Waals surface area contributed by atoms with Crippen LogP contribution in [0.5, 0.6) is 0 Å². The van der Waals surface area contributed by atoms with Crippen molar-refractivity contribution in [1.29, 1.82) is 0 Å². The van der Waals surface area contributed by atoms with Gasteiger partial charge < -0.3 is 24.3 Å². The molecule has 0 aliphatic rings. The minimum Gasteiger partial charge on any atom is -0.464 e. The quantitative estimate of drug-likeness (QED) is 0.147. The van der Waals surface area contributed by atoms with Gasteiger partial charge in [-0.25, -0.2) is 14.4 Å². The summed E-state index contributed by atoms with van der Waals surface area (Å²) in [5, 5.41) is 3.02. The molecule has 9 nitrogen and oxygen atoms in total. The Bertz CT molecular complexity index is 851. The smallest absolute Gasteiger partial charge is 0.343 e. The summed E-state index contributed by atoms with van der Waals surface area (Å²) in [7, 11) is 0. The van der Waals surface area contributed by atoms with Gasteiger partial charge in [-0.3, -0.25) is 4.79 Å². The first-order valence-corrected chi connectivity index (χ1v) is 12.7. The van der Waals surface area contributed by atoms with Gasteiger partial charge in [0, 0.05) is 17.2 Å². The number of hydrogen-bond acceptors (Lipinski definition) is 8. The van der Waals surface area contributed by atoms with E-state index in [4.69, 9.17) is 30.5 Å². The van der Waals surface area contributed by atoms with Gasteiger partial charge in [-0.1, -0.05) is 24.4 Å². The van der Waals surface area contributed by atoms with Crippen molar-refractivity contribution >= 4 is 35.4 Å². The first-order chi connectivity index (χ1) is 17.0. The van der Waals surface area contributed by atoms with Crippen molar-refractivity contribution in [3.63, 3.8) is 0 Å². The number of carbonyl (C=O) groups excluding carboxylic acids is 4. The second-order valence-electron chi connectivity index (χ2n) is 8.55. The molecular formula is C26H38ClNO8. The summed E-state index contributed by atoms with van der Waals surface area (Å²) in [6.07, 6.45) is 2.44. The van der Waals surface area contributed by atoms with E-state index in [2.05, 4.69) is 5.32 Å². The van der Waals surface area contributed by atoms with Crippen molar-refractivity contribution in [2.75, 3.05) is 26.4 Å². The van der Waals surface area contributed by atoms with Crippen LogP contribution in [0.3, 0.4) is 0 Å². The first-order valence-electron chi connectivity index (χ1n) is 12.3. The zero-order valence-electron chi connectivity index (χ0n) is 21.8. The van der Waals surface area contributed by atoms with Crippen LogP contribution in [0.1, 0.15) is 77.1 Å². The molecule has 36 heavy (non-hydrogen) atoms. The van der Waals surface area contributed by atoms with Crippen LogP contribution in [0, 0.1) is 0 Å². The standard InChI is InChI=1S/C26H38ClNO8/c1-6-33-22(30)25(4,5)36-18-12-10-9-11-17-26(23(31)34-7-2,24(32)35-8-3)28-21(29)19-13-15-20(27)16-14-19/h13-16H,6-12,17-18H2,1-5H3,(H,28,29). The number of ether oxygens (including phenoxy) is 4. The summed E-state index contributed by atoms with van der Waals surface area (Å²) in [5.74, 6) is -2.78. The molecular weight excluding hydrogens is 490 g/mol. The zero-order chi connectivity index (χ0) is 27.2. The van der Waals surface area contributed by atoms with Gasteiger partial charge in [-0.05, 0) is 78.1 Å². The van der Waals surface area contributed by atoms with Crippen LogP contribution < -0.4 is 5.32 Å². The topological polar surface area (TPSA) is 117 Å². The maximum atomic E-state index is 13.0. The van der Waals surface area contributed by atoms with Gasteiger partial charge in [-0.2, -0.15) is 0 Å². The SMILES string of the molecule is CCOC(=O)C(C)(C)OCCCCCCC(NC(=O)c1ccc(Cl)cc1)(C(=O)OCC)C(=O)OCC. The highest BCUT2D eigenvalue weighted by molar-refractivity contribution is 6.30. The van der Waals surface area contributed by atoms with E-state index in [9.17, 15) is 19.2 Å². The number of unbranched alkanes of at least 4 members (excludes halogenated alkanes) is 3. The summed E-state index contributed by atoms with van der Waals surface area (Å²) in [6.45, 7) is 8.97. The molecule has 10 heteroatoms. The van der Waals surface area contributed by atoms with E-state index in [-0.39, 0.29) is 31.8 Å². The fraction of sp³-hybridized carbons (Fsp3) is 0.615. The summed E-state index contributed by atoms with van der Waals surface area (Å²) in [4.78, 5) is 50.8. The summed E-state index contributed by atoms with van der Waals surface area (Å²) in [5.41, 5.74) is -2.78. The van der Waals surface area contributed by atoms with Gasteiger partial charge >= 0.3 is 17.9 Å². The predicted octanol–water partition coefficient (Wildman–Crippen LogP) is 4.24. The molecule has 0 saturated heterocycles. The highest BCUT2D eigenvalue weighted by atomic mass is 35.5. The van der Waals surface area contributed by atoms with E-state index >= 15 is 0 Å². The molecule has 1 rings (SSSR count). The maximum absolute atomic E-state index is 13.0. The lowest BCUT2D eigenvalue weighted by molar-refractivity contribution is -0.168. The molecule has 0 aliphatic heterocycles. The van der Waals surface area contributed by atoms with Crippen LogP contribution in [0.2, 0.25) is 5.02 Å². The van der Waals surface area contributed by atoms with Gasteiger partial charge in [0.05, 0.1) is 19.8 Å². The lowest BCUT2D eigenvalue weighted by Gasteiger charge is -2.30. The average molecular weight is 528 g/mol. The fourth-order valence-corrected chi connectivity index (χ4v) is 3.49. The fourth-order valence-electron chi connectivity index (χ4n) is 3.36. The number of carbonyl (C=O) groups is 4. The maximum Gasteiger partial charge on any atom is 0.343 e. The number of nitrogens with one attached hydrogen (secondary N) is 1. The van der Waals surface area contributed by atoms with Crippen molar-refractivity contribution in [2.24, 2.45) is 0 Å². The molecule has 0 bridgehead atoms. The second-order valence-corrected chi connectivity index (χ2v) is 8.99. The number of benzene rings is 1. The van der Waals surface area contributed by atoms with Crippen molar-refractivity contribution in [2.45, 2.75) is 77.9 Å². The van der Waals surface area contributed by atoms with E-state index in [0.29, 0.717) is 37.3 Å². The van der Waals surface area contributed by atoms with E-state index in [1.54, 1.807) is 34.6 Å². The monoisotopic (exact) mass is 527 g/mol. The van der Waals surface area contributed by atoms with Crippen LogP contribution >= 0.6 is 11.6 Å². The molecule has 0 saturated carbocycles. The Kier molecular flexibility index (Phi) is 13.5. The van der Waals surface area contributed by atoms with Gasteiger partial charge in [0.15, 0.2) is 5.60 Å². The molecule has 1 aromatic rings. The molecule has 0 aromatic heterocycles. The molecule has 0 atom stereocenters. The molecule has 0 unspecified atom stereocenters. The third kappa shape index (κ3) is 9.43. The largest absolute Gasteiger partial charge is 0.464 e. The Labute approximate surface area is 218 Å². The zero-order valence-corrected chi connectivity index (χ0v) is 22.6. The molecule has 1 amide bonds. The van der Waals surface area contributed by atoms with Crippen LogP contribution in [-0.2, 0) is 33.3 Å². The Morgan fingerprint density at radius 3 is 1.81 bits per heavy atom. The molecule has 1 N–H and O–H groups in total. The van der Waals surface area contributed by atoms with Crippen molar-refractivity contribution in [3.05, 3.63) is 34.9 Å². The summed E-state index contributed by atoms with van der Waals surface area (Å²) >= 11 is 5.90. The molecule has 0 spiro atoms. The van der Waals surface area contributed by atoms with E-state index in [1.807, 2.05) is 0 Å². The summed E-state index contributed by atoms with van der Waals surface area (Å²) < 4.78 is 21.0. The van der Waals surface area contributed by atoms with Crippen LogP contribution in [0.15, 0.2) is 24.3 Å². The van der Waals surface area contributed by atoms with Gasteiger partial charge in [0.2, 0.25) is 5.54 Å². The number of amides is 1. The molecule has 1 aromatic carbocycles. The Balaban J connectivity index is 2.85. The van der Waals surface area contributed by atoms with Gasteiger partial charge in [-0.15, -0.1) is 0 Å². The van der Waals surface area contributed by atoms with Crippen molar-refractivity contribution in [1.82, 2.24) is 5.32 Å². The van der Waals surface area contributed by atoms with Crippen LogP contribution in [-0.4, -0.2) is 61.4 Å². The number of halogens is 1. The molecule has 0 aliphatic carbocycles. The lowest BCUT2D eigenvalue weighted by atomic mass is 9.91. The Morgan fingerprint density at radius 1 is 0.778 bits per heavy atom. The van der Waals surface area contributed by atoms with Crippen molar-refractivity contribution < 1.29 is 38.1 Å². The van der Waals surface area contributed by atoms with E-state index < -0.39 is 35.0 Å². The highest BCUT2D eigenvalue weighted by Crippen LogP contribution is 2.22. The van der Waals surface area contributed by atoms with E-state index in [0.717, 1.165) is 0 Å². The molecule has 0 fully saturated rings. The highest BCUT2D eigenvalue weighted by Gasteiger charge is 2.50. The minimum atomic E-state index is -1.98. The Morgan fingerprint density at radius 2 is 1.28 bits per heavy atom. The summed E-state index contributed by atoms with van der Waals surface area (Å²) in [6, 6.07) is 6.07. The predicted molar refractivity (Wildman–Crippen MR) is 135 cm³/mol. The second kappa shape index (κ2) is 15.5. The van der Waals surface area contributed by atoms with E-state index in [1.165, 1.54) is 24.3 Å². The first kappa shape index (κ1) is 31.4. The van der Waals surface area contributed by atoms with Gasteiger partial charge in [0.25, 0.3) is 5.91 Å². The average Bonchev–Trinajstić information content (AvgIpc) is 2.83. The normalized spacial score (nSPS) is 11.5. The number of rotatable bonds is 16. The number of esters is 3. The third-order valence-electron chi connectivity index (χ3n) is 5.36. The van der Waals surface area contributed by atoms with Crippen LogP contribution in [0.25, 0.3) is 0 Å². The minimum absolute atomic E-state index is 0.000821.